The average molecular weight is 355 g/mol. The Morgan fingerprint density at radius 1 is 1.00 bits per heavy atom. The van der Waals surface area contributed by atoms with Crippen molar-refractivity contribution in [3.8, 4) is 0 Å². The first-order chi connectivity index (χ1) is 11.6. The van der Waals surface area contributed by atoms with Gasteiger partial charge >= 0.3 is 0 Å². The Hall–Kier alpha value is -1.92. The Morgan fingerprint density at radius 2 is 1.88 bits per heavy atom. The molecule has 4 aromatic rings. The molecule has 24 heavy (non-hydrogen) atoms. The van der Waals surface area contributed by atoms with Crippen LogP contribution < -0.4 is 0 Å². The molecular formula is C18H18N4S2. The van der Waals surface area contributed by atoms with E-state index in [0.717, 1.165) is 28.2 Å². The summed E-state index contributed by atoms with van der Waals surface area (Å²) in [5.74, 6) is 0.849. The quantitative estimate of drug-likeness (QED) is 0.507. The maximum Gasteiger partial charge on any atom is 0.104 e. The number of aromatic nitrogens is 4. The molecule has 4 rings (SSSR count). The average Bonchev–Trinajstić information content (AvgIpc) is 3.18. The van der Waals surface area contributed by atoms with E-state index in [0.29, 0.717) is 11.8 Å². The molecule has 0 N–H and O–H groups in total. The van der Waals surface area contributed by atoms with Gasteiger partial charge in [-0.1, -0.05) is 20.8 Å². The molecule has 4 aromatic heterocycles. The SMILES string of the molecule is CC(C)c1cc2nnc(CC(C)c3nc4cnccc4s3)cc2s1. The summed E-state index contributed by atoms with van der Waals surface area (Å²) in [6.07, 6.45) is 4.50. The maximum atomic E-state index is 4.71. The van der Waals surface area contributed by atoms with Crippen molar-refractivity contribution in [2.45, 2.75) is 39.0 Å². The molecule has 122 valence electrons. The summed E-state index contributed by atoms with van der Waals surface area (Å²) in [6, 6.07) is 6.36. The minimum absolute atomic E-state index is 0.318. The normalized spacial score (nSPS) is 13.2. The first-order valence-corrected chi connectivity index (χ1v) is 9.70. The Labute approximate surface area is 148 Å². The van der Waals surface area contributed by atoms with Gasteiger partial charge in [-0.25, -0.2) is 4.98 Å². The van der Waals surface area contributed by atoms with Crippen LogP contribution in [-0.2, 0) is 6.42 Å². The lowest BCUT2D eigenvalue weighted by atomic mass is 10.1. The van der Waals surface area contributed by atoms with Gasteiger partial charge in [-0.05, 0) is 24.1 Å². The van der Waals surface area contributed by atoms with Crippen molar-refractivity contribution in [2.75, 3.05) is 0 Å². The van der Waals surface area contributed by atoms with Gasteiger partial charge in [-0.2, -0.15) is 5.10 Å². The van der Waals surface area contributed by atoms with Crippen molar-refractivity contribution in [3.05, 3.63) is 46.2 Å². The molecule has 0 aromatic carbocycles. The van der Waals surface area contributed by atoms with Crippen LogP contribution in [0, 0.1) is 0 Å². The fourth-order valence-corrected chi connectivity index (χ4v) is 4.73. The number of pyridine rings is 1. The van der Waals surface area contributed by atoms with Crippen molar-refractivity contribution < 1.29 is 0 Å². The number of hydrogen-bond donors (Lipinski definition) is 0. The van der Waals surface area contributed by atoms with E-state index in [9.17, 15) is 0 Å². The van der Waals surface area contributed by atoms with E-state index in [2.05, 4.69) is 48.1 Å². The highest BCUT2D eigenvalue weighted by atomic mass is 32.1. The van der Waals surface area contributed by atoms with Crippen LogP contribution in [-0.4, -0.2) is 20.2 Å². The van der Waals surface area contributed by atoms with Crippen LogP contribution in [0.3, 0.4) is 0 Å². The topological polar surface area (TPSA) is 51.6 Å². The van der Waals surface area contributed by atoms with Crippen molar-refractivity contribution >= 4 is 43.1 Å². The van der Waals surface area contributed by atoms with Crippen LogP contribution in [0.15, 0.2) is 30.6 Å². The molecule has 0 bridgehead atoms. The number of nitrogens with zero attached hydrogens (tertiary/aromatic N) is 4. The number of thiophene rings is 1. The van der Waals surface area contributed by atoms with Crippen molar-refractivity contribution in [1.29, 1.82) is 0 Å². The molecular weight excluding hydrogens is 336 g/mol. The second kappa shape index (κ2) is 6.18. The van der Waals surface area contributed by atoms with Gasteiger partial charge in [0, 0.05) is 23.4 Å². The van der Waals surface area contributed by atoms with Crippen molar-refractivity contribution in [2.24, 2.45) is 0 Å². The first kappa shape index (κ1) is 15.6. The second-order valence-electron chi connectivity index (χ2n) is 6.39. The summed E-state index contributed by atoms with van der Waals surface area (Å²) in [4.78, 5) is 10.2. The molecule has 4 nitrogen and oxygen atoms in total. The first-order valence-electron chi connectivity index (χ1n) is 8.06. The third kappa shape index (κ3) is 2.91. The van der Waals surface area contributed by atoms with E-state index in [-0.39, 0.29) is 0 Å². The summed E-state index contributed by atoms with van der Waals surface area (Å²) in [5.41, 5.74) is 3.02. The fraction of sp³-hybridized carbons (Fsp3) is 0.333. The van der Waals surface area contributed by atoms with Gasteiger partial charge in [0.2, 0.25) is 0 Å². The summed E-state index contributed by atoms with van der Waals surface area (Å²) in [5, 5.41) is 9.96. The van der Waals surface area contributed by atoms with E-state index < -0.39 is 0 Å². The van der Waals surface area contributed by atoms with Crippen LogP contribution in [0.5, 0.6) is 0 Å². The van der Waals surface area contributed by atoms with Crippen molar-refractivity contribution in [3.63, 3.8) is 0 Å². The minimum atomic E-state index is 0.318. The lowest BCUT2D eigenvalue weighted by molar-refractivity contribution is 0.726. The Kier molecular flexibility index (Phi) is 4.02. The van der Waals surface area contributed by atoms with Gasteiger partial charge in [0.05, 0.1) is 31.8 Å². The van der Waals surface area contributed by atoms with E-state index in [1.165, 1.54) is 14.3 Å². The lowest BCUT2D eigenvalue weighted by Gasteiger charge is -2.06. The highest BCUT2D eigenvalue weighted by Gasteiger charge is 2.15. The summed E-state index contributed by atoms with van der Waals surface area (Å²) >= 11 is 3.56. The Bertz CT molecular complexity index is 970. The molecule has 1 unspecified atom stereocenters. The molecule has 0 fully saturated rings. The van der Waals surface area contributed by atoms with E-state index in [4.69, 9.17) is 4.98 Å². The zero-order valence-electron chi connectivity index (χ0n) is 13.9. The minimum Gasteiger partial charge on any atom is -0.262 e. The summed E-state index contributed by atoms with van der Waals surface area (Å²) in [6.45, 7) is 6.62. The number of rotatable bonds is 4. The maximum absolute atomic E-state index is 4.71. The second-order valence-corrected chi connectivity index (χ2v) is 8.57. The van der Waals surface area contributed by atoms with Crippen LogP contribution in [0.1, 0.15) is 48.2 Å². The smallest absolute Gasteiger partial charge is 0.104 e. The largest absolute Gasteiger partial charge is 0.262 e. The fourth-order valence-electron chi connectivity index (χ4n) is 2.69. The number of thiazole rings is 1. The molecule has 0 radical (unpaired) electrons. The van der Waals surface area contributed by atoms with E-state index in [1.807, 2.05) is 29.8 Å². The highest BCUT2D eigenvalue weighted by Crippen LogP contribution is 2.31. The molecule has 0 aliphatic heterocycles. The molecule has 0 saturated carbocycles. The molecule has 0 spiro atoms. The third-order valence-corrected chi connectivity index (χ3v) is 6.70. The van der Waals surface area contributed by atoms with Crippen LogP contribution in [0.2, 0.25) is 0 Å². The highest BCUT2D eigenvalue weighted by molar-refractivity contribution is 7.19. The van der Waals surface area contributed by atoms with E-state index >= 15 is 0 Å². The van der Waals surface area contributed by atoms with E-state index in [1.54, 1.807) is 11.3 Å². The summed E-state index contributed by atoms with van der Waals surface area (Å²) < 4.78 is 2.41. The molecule has 6 heteroatoms. The molecule has 0 aliphatic rings. The Morgan fingerprint density at radius 3 is 2.67 bits per heavy atom. The number of hydrogen-bond acceptors (Lipinski definition) is 6. The van der Waals surface area contributed by atoms with Gasteiger partial charge in [0.1, 0.15) is 5.52 Å². The molecule has 0 amide bonds. The predicted molar refractivity (Wildman–Crippen MR) is 101 cm³/mol. The van der Waals surface area contributed by atoms with Gasteiger partial charge in [-0.3, -0.25) is 4.98 Å². The molecule has 0 saturated heterocycles. The Balaban J connectivity index is 1.60. The van der Waals surface area contributed by atoms with Crippen molar-refractivity contribution in [1.82, 2.24) is 20.2 Å². The molecule has 0 aliphatic carbocycles. The van der Waals surface area contributed by atoms with Crippen LogP contribution >= 0.6 is 22.7 Å². The molecule has 4 heterocycles. The van der Waals surface area contributed by atoms with Crippen LogP contribution in [0.4, 0.5) is 0 Å². The predicted octanol–water partition coefficient (Wildman–Crippen LogP) is 5.17. The number of fused-ring (bicyclic) bond motifs is 2. The zero-order chi connectivity index (χ0) is 16.7. The summed E-state index contributed by atoms with van der Waals surface area (Å²) in [7, 11) is 0. The monoisotopic (exact) mass is 354 g/mol. The van der Waals surface area contributed by atoms with Gasteiger partial charge < -0.3 is 0 Å². The zero-order valence-corrected chi connectivity index (χ0v) is 15.5. The third-order valence-electron chi connectivity index (χ3n) is 4.06. The van der Waals surface area contributed by atoms with Gasteiger partial charge in [0.15, 0.2) is 0 Å². The standard InChI is InChI=1S/C18H18N4S2/c1-10(2)16-8-13-17(23-16)7-12(21-22-13)6-11(3)18-20-14-9-19-5-4-15(14)24-18/h4-5,7-11H,6H2,1-3H3. The lowest BCUT2D eigenvalue weighted by Crippen LogP contribution is -2.01. The van der Waals surface area contributed by atoms with Gasteiger partial charge in [-0.15, -0.1) is 27.8 Å². The molecule has 1 atom stereocenters. The van der Waals surface area contributed by atoms with Gasteiger partial charge in [0.25, 0.3) is 0 Å². The van der Waals surface area contributed by atoms with Crippen LogP contribution in [0.25, 0.3) is 20.4 Å².